The van der Waals surface area contributed by atoms with E-state index < -0.39 is 34.3 Å². The highest BCUT2D eigenvalue weighted by molar-refractivity contribution is 6.39. The van der Waals surface area contributed by atoms with E-state index in [2.05, 4.69) is 20.8 Å². The zero-order valence-electron chi connectivity index (χ0n) is 15.5. The molecule has 0 spiro atoms. The molecule has 0 atom stereocenters. The number of hydrogen-bond donors (Lipinski definition) is 4. The molecule has 0 unspecified atom stereocenters. The van der Waals surface area contributed by atoms with Crippen molar-refractivity contribution in [3.05, 3.63) is 92.6 Å². The molecule has 1 amide bonds. The predicted octanol–water partition coefficient (Wildman–Crippen LogP) is 1.67. The number of nitrogens with one attached hydrogen (secondary N) is 3. The molecular weight excluding hydrogens is 388 g/mol. The highest BCUT2D eigenvalue weighted by Gasteiger charge is 2.41. The average Bonchev–Trinajstić information content (AvgIpc) is 3.21. The molecule has 0 saturated carbocycles. The lowest BCUT2D eigenvalue weighted by atomic mass is 9.80. The maximum Gasteiger partial charge on any atom is 0.328 e. The number of hydrogen-bond acceptors (Lipinski definition) is 7. The molecule has 1 aliphatic rings. The number of amides is 1. The Morgan fingerprint density at radius 1 is 0.967 bits per heavy atom. The third-order valence-corrected chi connectivity index (χ3v) is 4.73. The van der Waals surface area contributed by atoms with Gasteiger partial charge in [0, 0.05) is 6.42 Å². The molecule has 10 nitrogen and oxygen atoms in total. The molecule has 2 aromatic carbocycles. The first-order valence-corrected chi connectivity index (χ1v) is 8.96. The molecule has 150 valence electrons. The van der Waals surface area contributed by atoms with E-state index in [0.29, 0.717) is 0 Å². The second-order valence-electron chi connectivity index (χ2n) is 6.60. The van der Waals surface area contributed by atoms with Gasteiger partial charge in [-0.05, 0) is 11.1 Å². The van der Waals surface area contributed by atoms with Crippen LogP contribution in [0.15, 0.2) is 85.6 Å². The molecule has 0 aliphatic carbocycles. The van der Waals surface area contributed by atoms with E-state index in [9.17, 15) is 19.5 Å². The molecule has 10 heteroatoms. The highest BCUT2D eigenvalue weighted by atomic mass is 16.3. The van der Waals surface area contributed by atoms with E-state index in [1.54, 1.807) is 0 Å². The molecule has 4 N–H and O–H groups in total. The molecular formula is C20H16N6O4. The number of nitrogens with zero attached hydrogens (tertiary/aromatic N) is 3. The van der Waals surface area contributed by atoms with Crippen molar-refractivity contribution in [3.63, 3.8) is 0 Å². The Bertz CT molecular complexity index is 1220. The maximum absolute atomic E-state index is 12.6. The van der Waals surface area contributed by atoms with Crippen LogP contribution in [0.25, 0.3) is 0 Å². The molecule has 0 bridgehead atoms. The monoisotopic (exact) mass is 404 g/mol. The summed E-state index contributed by atoms with van der Waals surface area (Å²) in [5, 5.41) is 20.8. The number of azo groups is 1. The number of benzene rings is 2. The Balaban J connectivity index is 1.64. The van der Waals surface area contributed by atoms with Gasteiger partial charge in [-0.3, -0.25) is 25.0 Å². The van der Waals surface area contributed by atoms with Crippen LogP contribution in [-0.2, 0) is 10.3 Å². The number of rotatable bonds is 4. The molecule has 2 heterocycles. The predicted molar refractivity (Wildman–Crippen MR) is 108 cm³/mol. The number of carbonyl (C=O) groups excluding carboxylic acids is 1. The summed E-state index contributed by atoms with van der Waals surface area (Å²) in [6, 6.07) is 19.1. The van der Waals surface area contributed by atoms with Crippen LogP contribution in [0, 0.1) is 0 Å². The van der Waals surface area contributed by atoms with Gasteiger partial charge in [0.05, 0.1) is 0 Å². The van der Waals surface area contributed by atoms with Crippen LogP contribution in [0.1, 0.15) is 17.5 Å². The summed E-state index contributed by atoms with van der Waals surface area (Å²) in [4.78, 5) is 39.3. The summed E-state index contributed by atoms with van der Waals surface area (Å²) in [6.07, 6.45) is 0.201. The standard InChI is InChI=1S/C20H16N6O4/c27-16(25-24-15-17(28)21-19(30)22-18(15)29)14-11-20(26-23-14,12-7-3-1-4-8-12)13-9-5-2-6-10-13/h1-10,26H,11H2,(H3,21,22,28,29,30). The fourth-order valence-electron chi connectivity index (χ4n) is 3.28. The van der Waals surface area contributed by atoms with Crippen molar-refractivity contribution in [1.29, 1.82) is 0 Å². The molecule has 0 fully saturated rings. The van der Waals surface area contributed by atoms with E-state index >= 15 is 0 Å². The van der Waals surface area contributed by atoms with Gasteiger partial charge in [-0.1, -0.05) is 60.7 Å². The van der Waals surface area contributed by atoms with E-state index in [0.717, 1.165) is 11.1 Å². The summed E-state index contributed by atoms with van der Waals surface area (Å²) in [5.41, 5.74) is 1.78. The minimum absolute atomic E-state index is 0.104. The third-order valence-electron chi connectivity index (χ3n) is 4.73. The summed E-state index contributed by atoms with van der Waals surface area (Å²) in [7, 11) is 0. The van der Waals surface area contributed by atoms with Crippen molar-refractivity contribution in [2.45, 2.75) is 12.0 Å². The zero-order valence-corrected chi connectivity index (χ0v) is 15.5. The van der Waals surface area contributed by atoms with E-state index in [1.807, 2.05) is 70.6 Å². The Hall–Kier alpha value is -4.34. The average molecular weight is 404 g/mol. The zero-order chi connectivity index (χ0) is 21.1. The number of hydrazone groups is 1. The topological polar surface area (TPSA) is 152 Å². The molecule has 1 aliphatic heterocycles. The molecule has 0 radical (unpaired) electrons. The van der Waals surface area contributed by atoms with Gasteiger partial charge in [-0.2, -0.15) is 5.10 Å². The summed E-state index contributed by atoms with van der Waals surface area (Å²) in [5.74, 6) is -1.56. The largest absolute Gasteiger partial charge is 0.493 e. The third kappa shape index (κ3) is 3.41. The van der Waals surface area contributed by atoms with Gasteiger partial charge in [0.25, 0.3) is 5.56 Å². The minimum atomic E-state index is -0.970. The van der Waals surface area contributed by atoms with Crippen LogP contribution >= 0.6 is 0 Å². The normalized spacial score (nSPS) is 15.0. The summed E-state index contributed by atoms with van der Waals surface area (Å²) >= 11 is 0. The van der Waals surface area contributed by atoms with Crippen molar-refractivity contribution in [2.24, 2.45) is 15.3 Å². The van der Waals surface area contributed by atoms with Gasteiger partial charge >= 0.3 is 11.6 Å². The smallest absolute Gasteiger partial charge is 0.328 e. The second kappa shape index (κ2) is 7.59. The lowest BCUT2D eigenvalue weighted by Gasteiger charge is -2.30. The molecule has 4 rings (SSSR count). The molecule has 0 saturated heterocycles. The van der Waals surface area contributed by atoms with Crippen molar-refractivity contribution in [1.82, 2.24) is 15.4 Å². The van der Waals surface area contributed by atoms with Gasteiger partial charge in [-0.25, -0.2) is 4.79 Å². The SMILES string of the molecule is O=C(N=Nc1c(O)[nH]c(=O)[nH]c1=O)C1=NNC(c2ccccc2)(c2ccccc2)C1. The second-order valence-corrected chi connectivity index (χ2v) is 6.60. The van der Waals surface area contributed by atoms with Gasteiger partial charge < -0.3 is 5.11 Å². The van der Waals surface area contributed by atoms with Gasteiger partial charge in [-0.15, -0.1) is 10.2 Å². The van der Waals surface area contributed by atoms with E-state index in [4.69, 9.17) is 0 Å². The van der Waals surface area contributed by atoms with Crippen LogP contribution in [-0.4, -0.2) is 26.7 Å². The lowest BCUT2D eigenvalue weighted by molar-refractivity contribution is -0.112. The number of aromatic amines is 2. The Morgan fingerprint density at radius 2 is 1.57 bits per heavy atom. The van der Waals surface area contributed by atoms with E-state index in [1.165, 1.54) is 0 Å². The minimum Gasteiger partial charge on any atom is -0.493 e. The van der Waals surface area contributed by atoms with Crippen LogP contribution in [0.3, 0.4) is 0 Å². The van der Waals surface area contributed by atoms with Crippen molar-refractivity contribution in [2.75, 3.05) is 0 Å². The van der Waals surface area contributed by atoms with E-state index in [-0.39, 0.29) is 12.1 Å². The lowest BCUT2D eigenvalue weighted by Crippen LogP contribution is -2.37. The fourth-order valence-corrected chi connectivity index (χ4v) is 3.28. The number of aromatic nitrogens is 2. The Labute approximate surface area is 169 Å². The molecule has 30 heavy (non-hydrogen) atoms. The molecule has 3 aromatic rings. The van der Waals surface area contributed by atoms with Gasteiger partial charge in [0.15, 0.2) is 0 Å². The van der Waals surface area contributed by atoms with Crippen molar-refractivity contribution in [3.8, 4) is 5.88 Å². The Kier molecular flexibility index (Phi) is 4.80. The quantitative estimate of drug-likeness (QED) is 0.487. The van der Waals surface area contributed by atoms with Crippen molar-refractivity contribution < 1.29 is 9.90 Å². The van der Waals surface area contributed by atoms with Gasteiger partial charge in [0.1, 0.15) is 11.3 Å². The fraction of sp³-hybridized carbons (Fsp3) is 0.100. The first-order valence-electron chi connectivity index (χ1n) is 8.96. The summed E-state index contributed by atoms with van der Waals surface area (Å²) < 4.78 is 0. The Morgan fingerprint density at radius 3 is 2.13 bits per heavy atom. The first kappa shape index (κ1) is 19.0. The number of H-pyrrole nitrogens is 2. The maximum atomic E-state index is 12.6. The highest BCUT2D eigenvalue weighted by Crippen LogP contribution is 2.36. The molecule has 1 aromatic heterocycles. The number of carbonyl (C=O) groups is 1. The first-order chi connectivity index (χ1) is 14.5. The van der Waals surface area contributed by atoms with Crippen LogP contribution in [0.5, 0.6) is 5.88 Å². The van der Waals surface area contributed by atoms with Crippen LogP contribution in [0.4, 0.5) is 5.69 Å². The summed E-state index contributed by atoms with van der Waals surface area (Å²) in [6.45, 7) is 0. The van der Waals surface area contributed by atoms with Crippen LogP contribution < -0.4 is 16.7 Å². The van der Waals surface area contributed by atoms with Gasteiger partial charge in [0.2, 0.25) is 11.6 Å². The number of aromatic hydroxyl groups is 1. The van der Waals surface area contributed by atoms with Crippen molar-refractivity contribution >= 4 is 17.3 Å². The van der Waals surface area contributed by atoms with Crippen LogP contribution in [0.2, 0.25) is 0 Å².